The summed E-state index contributed by atoms with van der Waals surface area (Å²) in [4.78, 5) is 52.0. The number of imidazole rings is 1. The first kappa shape index (κ1) is 50.9. The van der Waals surface area contributed by atoms with Crippen molar-refractivity contribution >= 4 is 55.2 Å². The number of carbonyl (C=O) groups is 1. The second kappa shape index (κ2) is 20.7. The van der Waals surface area contributed by atoms with E-state index in [0.717, 1.165) is 82.2 Å². The predicted molar refractivity (Wildman–Crippen MR) is 285 cm³/mol. The number of rotatable bonds is 16. The van der Waals surface area contributed by atoms with Gasteiger partial charge >= 0.3 is 0 Å². The third kappa shape index (κ3) is 10.3. The zero-order valence-electron chi connectivity index (χ0n) is 42.8. The van der Waals surface area contributed by atoms with E-state index in [0.29, 0.717) is 29.2 Å². The number of alkyl halides is 1. The molecule has 76 heavy (non-hydrogen) atoms. The highest BCUT2D eigenvalue weighted by Gasteiger charge is 2.50. The summed E-state index contributed by atoms with van der Waals surface area (Å²) in [6.07, 6.45) is 9.97. The number of piperazine rings is 1. The lowest BCUT2D eigenvalue weighted by molar-refractivity contribution is -0.384. The maximum absolute atomic E-state index is 15.6. The number of nitrogens with one attached hydrogen (secondary N) is 4. The van der Waals surface area contributed by atoms with Crippen molar-refractivity contribution in [2.75, 3.05) is 69.8 Å². The summed E-state index contributed by atoms with van der Waals surface area (Å²) in [5.74, 6) is 1.04. The van der Waals surface area contributed by atoms with Crippen molar-refractivity contribution in [2.45, 2.75) is 87.5 Å². The summed E-state index contributed by atoms with van der Waals surface area (Å²) < 4.78 is 63.2. The lowest BCUT2D eigenvalue weighted by Crippen LogP contribution is -2.60. The smallest absolute Gasteiger partial charge is 0.296 e. The minimum absolute atomic E-state index is 0.0287. The van der Waals surface area contributed by atoms with Crippen LogP contribution in [0.4, 0.5) is 21.6 Å². The number of sulfonamides is 1. The first-order valence-electron chi connectivity index (χ1n) is 26.0. The third-order valence-corrected chi connectivity index (χ3v) is 17.4. The lowest BCUT2D eigenvalue weighted by atomic mass is 9.59. The van der Waals surface area contributed by atoms with Gasteiger partial charge in [0.05, 0.1) is 30.1 Å². The van der Waals surface area contributed by atoms with Crippen LogP contribution in [-0.2, 0) is 21.3 Å². The van der Waals surface area contributed by atoms with E-state index in [9.17, 15) is 23.3 Å². The fourth-order valence-electron chi connectivity index (χ4n) is 11.8. The largest absolute Gasteiger partial charge is 0.497 e. The number of piperidine rings is 1. The monoisotopic (exact) mass is 1060 g/mol. The molecule has 3 aliphatic heterocycles. The molecule has 4 aliphatic rings. The number of hydrogen-bond acceptors (Lipinski definition) is 15. The van der Waals surface area contributed by atoms with Crippen molar-refractivity contribution in [1.82, 2.24) is 39.4 Å². The number of nitrogens with zero attached hydrogens (tertiary/aromatic N) is 7. The van der Waals surface area contributed by atoms with Crippen LogP contribution in [-0.4, -0.2) is 125 Å². The molecule has 1 atom stereocenters. The summed E-state index contributed by atoms with van der Waals surface area (Å²) in [6.45, 7) is 9.89. The maximum Gasteiger partial charge on any atom is 0.296 e. The van der Waals surface area contributed by atoms with E-state index in [-0.39, 0.29) is 72.1 Å². The highest BCUT2D eigenvalue weighted by atomic mass is 32.2. The standard InChI is InChI=1S/C55H62FN11O8S/c1-35(2)41-6-4-5-7-42(41)45-32-64(31-36-8-10-39(73-3)11-9-36)20-21-66(45)38-27-54(28-38)13-18-65(19-14-54)48-26-46(75-40-24-37-12-17-57-52(37)59-29-40)43(30-58-48)53(68)63-76(71,72)47-25-44(67(69)70)49(51-50(47)61-34-62-51)60-33-55(56)15-22-74-23-16-55/h4-12,17,24-26,29-30,34-35,38,45,60H,13-16,18-23,27-28,31-33H2,1-3H3,(H,57,59)(H,61,62)(H,63,68). The van der Waals surface area contributed by atoms with Crippen LogP contribution in [0, 0.1) is 15.5 Å². The Hall–Kier alpha value is -7.20. The van der Waals surface area contributed by atoms with Gasteiger partial charge in [-0.2, -0.15) is 0 Å². The predicted octanol–water partition coefficient (Wildman–Crippen LogP) is 9.02. The van der Waals surface area contributed by atoms with Gasteiger partial charge in [0.1, 0.15) is 56.0 Å². The van der Waals surface area contributed by atoms with E-state index in [1.807, 2.05) is 18.2 Å². The Kier molecular flexibility index (Phi) is 13.9. The van der Waals surface area contributed by atoms with Crippen LogP contribution in [0.3, 0.4) is 0 Å². The van der Waals surface area contributed by atoms with Crippen LogP contribution in [0.25, 0.3) is 22.1 Å². The van der Waals surface area contributed by atoms with Crippen LogP contribution >= 0.6 is 0 Å². The Morgan fingerprint density at radius 2 is 1.72 bits per heavy atom. The summed E-state index contributed by atoms with van der Waals surface area (Å²) in [6, 6.07) is 24.1. The van der Waals surface area contributed by atoms with Gasteiger partial charge in [-0.05, 0) is 78.0 Å². The van der Waals surface area contributed by atoms with Gasteiger partial charge in [0.15, 0.2) is 0 Å². The number of anilines is 2. The number of aromatic nitrogens is 5. The quantitative estimate of drug-likeness (QED) is 0.0523. The van der Waals surface area contributed by atoms with E-state index in [1.54, 1.807) is 25.4 Å². The molecule has 3 aromatic carbocycles. The Labute approximate surface area is 439 Å². The number of hydrogen-bond donors (Lipinski definition) is 4. The van der Waals surface area contributed by atoms with E-state index < -0.39 is 37.1 Å². The number of ether oxygens (including phenoxy) is 3. The van der Waals surface area contributed by atoms with Crippen LogP contribution < -0.4 is 24.4 Å². The molecular formula is C55H62FN11O8S. The molecule has 0 radical (unpaired) electrons. The number of halogens is 1. The van der Waals surface area contributed by atoms with Crippen molar-refractivity contribution in [3.8, 4) is 17.2 Å². The highest BCUT2D eigenvalue weighted by molar-refractivity contribution is 7.90. The Bertz CT molecular complexity index is 3380. The number of benzene rings is 3. The first-order valence-corrected chi connectivity index (χ1v) is 27.4. The van der Waals surface area contributed by atoms with Crippen molar-refractivity contribution < 1.29 is 36.7 Å². The van der Waals surface area contributed by atoms with Crippen molar-refractivity contribution in [1.29, 1.82) is 0 Å². The summed E-state index contributed by atoms with van der Waals surface area (Å²) in [7, 11) is -3.16. The number of fused-ring (bicyclic) bond motifs is 2. The molecule has 4 N–H and O–H groups in total. The minimum Gasteiger partial charge on any atom is -0.497 e. The van der Waals surface area contributed by atoms with Gasteiger partial charge < -0.3 is 34.4 Å². The van der Waals surface area contributed by atoms with Gasteiger partial charge in [0.2, 0.25) is 0 Å². The van der Waals surface area contributed by atoms with Gasteiger partial charge in [-0.25, -0.2) is 32.5 Å². The molecule has 21 heteroatoms. The number of H-pyrrole nitrogens is 2. The molecule has 1 aliphatic carbocycles. The van der Waals surface area contributed by atoms with Gasteiger partial charge in [-0.1, -0.05) is 50.2 Å². The molecule has 11 rings (SSSR count). The van der Waals surface area contributed by atoms with Crippen LogP contribution in [0.2, 0.25) is 0 Å². The SMILES string of the molecule is COc1ccc(CN2CCN(C3CC4(CCN(c5cc(Oc6cnc7[nH]ccc7c6)c(C(=O)NS(=O)(=O)c6cc([N+](=O)[O-])c(NCC7(F)CCOCC7)c7[nH]cnc67)cn5)CC4)C3)C(c3ccccc3C(C)C)C2)cc1. The molecule has 1 unspecified atom stereocenters. The molecule has 4 fully saturated rings. The highest BCUT2D eigenvalue weighted by Crippen LogP contribution is 2.53. The number of methoxy groups -OCH3 is 1. The molecule has 1 saturated carbocycles. The summed E-state index contributed by atoms with van der Waals surface area (Å²) in [5, 5.41) is 16.1. The van der Waals surface area contributed by atoms with Gasteiger partial charge in [-0.15, -0.1) is 0 Å². The minimum atomic E-state index is -4.86. The van der Waals surface area contributed by atoms with Gasteiger partial charge in [-0.3, -0.25) is 24.7 Å². The van der Waals surface area contributed by atoms with Gasteiger partial charge in [0.25, 0.3) is 21.6 Å². The van der Waals surface area contributed by atoms with Gasteiger partial charge in [0, 0.05) is 114 Å². The van der Waals surface area contributed by atoms with E-state index in [1.165, 1.54) is 35.4 Å². The molecule has 7 heterocycles. The van der Waals surface area contributed by atoms with Crippen molar-refractivity contribution in [3.63, 3.8) is 0 Å². The number of pyridine rings is 2. The molecule has 19 nitrogen and oxygen atoms in total. The summed E-state index contributed by atoms with van der Waals surface area (Å²) in [5.41, 5.74) is 1.95. The molecule has 7 aromatic rings. The number of amides is 1. The van der Waals surface area contributed by atoms with Crippen molar-refractivity contribution in [3.05, 3.63) is 130 Å². The second-order valence-corrected chi connectivity index (χ2v) is 22.8. The second-order valence-electron chi connectivity index (χ2n) is 21.1. The Balaban J connectivity index is 0.810. The van der Waals surface area contributed by atoms with Crippen molar-refractivity contribution in [2.24, 2.45) is 5.41 Å². The Morgan fingerprint density at radius 1 is 0.947 bits per heavy atom. The number of nitro benzene ring substituents is 1. The molecule has 398 valence electrons. The number of carbonyl (C=O) groups excluding carboxylic acids is 1. The van der Waals surface area contributed by atoms with Crippen LogP contribution in [0.5, 0.6) is 17.2 Å². The van der Waals surface area contributed by atoms with E-state index in [4.69, 9.17) is 19.2 Å². The molecule has 1 spiro atoms. The number of nitro groups is 1. The molecule has 3 saturated heterocycles. The fraction of sp³-hybridized carbons (Fsp3) is 0.418. The van der Waals surface area contributed by atoms with E-state index >= 15 is 4.39 Å². The molecule has 4 aromatic heterocycles. The summed E-state index contributed by atoms with van der Waals surface area (Å²) >= 11 is 0. The molecular weight excluding hydrogens is 994 g/mol. The number of aromatic amines is 2. The zero-order chi connectivity index (χ0) is 52.8. The lowest BCUT2D eigenvalue weighted by Gasteiger charge is -2.58. The normalized spacial score (nSPS) is 19.2. The molecule has 0 bridgehead atoms. The topological polar surface area (TPSA) is 226 Å². The first-order chi connectivity index (χ1) is 36.7. The Morgan fingerprint density at radius 3 is 2.47 bits per heavy atom. The average molecular weight is 1060 g/mol. The fourth-order valence-corrected chi connectivity index (χ4v) is 12.9. The average Bonchev–Trinajstić information content (AvgIpc) is 4.12. The zero-order valence-corrected chi connectivity index (χ0v) is 43.6. The maximum atomic E-state index is 15.6. The van der Waals surface area contributed by atoms with Crippen LogP contribution in [0.1, 0.15) is 91.4 Å². The van der Waals surface area contributed by atoms with Crippen LogP contribution in [0.15, 0.2) is 103 Å². The molecule has 1 amide bonds. The third-order valence-electron chi connectivity index (χ3n) is 16.0. The van der Waals surface area contributed by atoms with E-state index in [2.05, 4.69) is 94.9 Å².